The molecule has 0 unspecified atom stereocenters. The minimum Gasteiger partial charge on any atom is -0.337 e. The van der Waals surface area contributed by atoms with Crippen molar-refractivity contribution in [3.8, 4) is 11.1 Å². The number of aryl methyl sites for hydroxylation is 1. The molecule has 4 heterocycles. The van der Waals surface area contributed by atoms with E-state index >= 15 is 0 Å². The SMILES string of the molecule is CCc1cncc(-c2ccc3nc(NC(=O)NCCc4nnn(C(C)C)n4)cn3c2)c1. The quantitative estimate of drug-likeness (QED) is 0.476. The van der Waals surface area contributed by atoms with E-state index in [1.165, 1.54) is 5.56 Å². The lowest BCUT2D eigenvalue weighted by atomic mass is 10.1. The van der Waals surface area contributed by atoms with Gasteiger partial charge in [-0.25, -0.2) is 9.78 Å². The summed E-state index contributed by atoms with van der Waals surface area (Å²) in [7, 11) is 0. The summed E-state index contributed by atoms with van der Waals surface area (Å²) >= 11 is 0. The van der Waals surface area contributed by atoms with Gasteiger partial charge < -0.3 is 9.72 Å². The molecule has 0 aliphatic rings. The number of carbonyl (C=O) groups excluding carboxylic acids is 1. The van der Waals surface area contributed by atoms with Gasteiger partial charge in [-0.2, -0.15) is 4.80 Å². The number of amides is 2. The van der Waals surface area contributed by atoms with Crippen LogP contribution >= 0.6 is 0 Å². The van der Waals surface area contributed by atoms with Crippen LogP contribution in [-0.4, -0.2) is 47.2 Å². The molecule has 0 fully saturated rings. The van der Waals surface area contributed by atoms with Gasteiger partial charge in [0.25, 0.3) is 0 Å². The third kappa shape index (κ3) is 4.85. The Kier molecular flexibility index (Phi) is 5.87. The van der Waals surface area contributed by atoms with Gasteiger partial charge in [-0.1, -0.05) is 6.92 Å². The van der Waals surface area contributed by atoms with Crippen LogP contribution in [0.4, 0.5) is 10.6 Å². The third-order valence-electron chi connectivity index (χ3n) is 4.79. The Balaban J connectivity index is 1.37. The largest absolute Gasteiger partial charge is 0.337 e. The monoisotopic (exact) mass is 419 g/mol. The van der Waals surface area contributed by atoms with Crippen molar-refractivity contribution in [3.05, 3.63) is 54.4 Å². The Bertz CT molecular complexity index is 1190. The van der Waals surface area contributed by atoms with Gasteiger partial charge in [0.2, 0.25) is 0 Å². The van der Waals surface area contributed by atoms with E-state index in [4.69, 9.17) is 0 Å². The summed E-state index contributed by atoms with van der Waals surface area (Å²) in [5.41, 5.74) is 4.01. The summed E-state index contributed by atoms with van der Waals surface area (Å²) in [4.78, 5) is 22.5. The van der Waals surface area contributed by atoms with Crippen LogP contribution in [-0.2, 0) is 12.8 Å². The van der Waals surface area contributed by atoms with E-state index < -0.39 is 0 Å². The Labute approximate surface area is 179 Å². The molecular weight excluding hydrogens is 394 g/mol. The molecule has 0 bridgehead atoms. The van der Waals surface area contributed by atoms with Gasteiger partial charge in [-0.15, -0.1) is 10.2 Å². The Morgan fingerprint density at radius 3 is 2.81 bits per heavy atom. The van der Waals surface area contributed by atoms with Gasteiger partial charge in [0, 0.05) is 42.7 Å². The number of tetrazole rings is 1. The van der Waals surface area contributed by atoms with Crippen molar-refractivity contribution in [3.63, 3.8) is 0 Å². The van der Waals surface area contributed by atoms with E-state index in [-0.39, 0.29) is 12.1 Å². The molecule has 10 heteroatoms. The van der Waals surface area contributed by atoms with Crippen molar-refractivity contribution in [1.82, 2.24) is 39.9 Å². The lowest BCUT2D eigenvalue weighted by Gasteiger charge is -2.04. The van der Waals surface area contributed by atoms with E-state index in [1.54, 1.807) is 11.0 Å². The first-order valence-corrected chi connectivity index (χ1v) is 10.3. The van der Waals surface area contributed by atoms with Crippen molar-refractivity contribution < 1.29 is 4.79 Å². The predicted octanol–water partition coefficient (Wildman–Crippen LogP) is 2.89. The van der Waals surface area contributed by atoms with Crippen LogP contribution in [0, 0.1) is 0 Å². The Hall–Kier alpha value is -3.82. The number of pyridine rings is 2. The van der Waals surface area contributed by atoms with Crippen LogP contribution in [0.3, 0.4) is 0 Å². The molecule has 0 aliphatic carbocycles. The van der Waals surface area contributed by atoms with Crippen molar-refractivity contribution in [2.24, 2.45) is 0 Å². The van der Waals surface area contributed by atoms with Gasteiger partial charge in [-0.3, -0.25) is 10.3 Å². The fourth-order valence-electron chi connectivity index (χ4n) is 3.08. The minimum atomic E-state index is -0.334. The number of urea groups is 1. The van der Waals surface area contributed by atoms with Gasteiger partial charge in [0.15, 0.2) is 11.6 Å². The number of hydrogen-bond donors (Lipinski definition) is 2. The lowest BCUT2D eigenvalue weighted by molar-refractivity contribution is 0.252. The van der Waals surface area contributed by atoms with Crippen molar-refractivity contribution in [1.29, 1.82) is 0 Å². The molecule has 4 aromatic heterocycles. The summed E-state index contributed by atoms with van der Waals surface area (Å²) in [6.45, 7) is 6.46. The van der Waals surface area contributed by atoms with Crippen LogP contribution in [0.5, 0.6) is 0 Å². The molecule has 2 amide bonds. The average Bonchev–Trinajstić information content (AvgIpc) is 3.40. The van der Waals surface area contributed by atoms with E-state index in [0.717, 1.165) is 23.2 Å². The van der Waals surface area contributed by atoms with Gasteiger partial charge in [0.1, 0.15) is 5.65 Å². The molecule has 10 nitrogen and oxygen atoms in total. The molecule has 4 rings (SSSR count). The summed E-state index contributed by atoms with van der Waals surface area (Å²) in [5.74, 6) is 1.06. The molecule has 160 valence electrons. The van der Waals surface area contributed by atoms with Crippen molar-refractivity contribution in [2.75, 3.05) is 11.9 Å². The first-order chi connectivity index (χ1) is 15.0. The Morgan fingerprint density at radius 1 is 1.16 bits per heavy atom. The first-order valence-electron chi connectivity index (χ1n) is 10.3. The highest BCUT2D eigenvalue weighted by molar-refractivity contribution is 5.88. The molecule has 0 saturated carbocycles. The number of nitrogens with zero attached hydrogens (tertiary/aromatic N) is 7. The third-order valence-corrected chi connectivity index (χ3v) is 4.79. The molecular formula is C21H25N9O. The average molecular weight is 419 g/mol. The first kappa shape index (κ1) is 20.5. The fourth-order valence-corrected chi connectivity index (χ4v) is 3.08. The number of aromatic nitrogens is 7. The van der Waals surface area contributed by atoms with E-state index in [0.29, 0.717) is 24.6 Å². The summed E-state index contributed by atoms with van der Waals surface area (Å²) in [6, 6.07) is 5.87. The van der Waals surface area contributed by atoms with Crippen LogP contribution in [0.1, 0.15) is 38.2 Å². The van der Waals surface area contributed by atoms with Gasteiger partial charge in [0.05, 0.1) is 12.2 Å². The number of nitrogens with one attached hydrogen (secondary N) is 2. The summed E-state index contributed by atoms with van der Waals surface area (Å²) < 4.78 is 1.89. The van der Waals surface area contributed by atoms with Gasteiger partial charge >= 0.3 is 6.03 Å². The van der Waals surface area contributed by atoms with Crippen LogP contribution in [0.2, 0.25) is 0 Å². The lowest BCUT2D eigenvalue weighted by Crippen LogP contribution is -2.30. The highest BCUT2D eigenvalue weighted by atomic mass is 16.2. The van der Waals surface area contributed by atoms with E-state index in [2.05, 4.69) is 49.0 Å². The number of fused-ring (bicyclic) bond motifs is 1. The topological polar surface area (TPSA) is 115 Å². The van der Waals surface area contributed by atoms with Crippen molar-refractivity contribution in [2.45, 2.75) is 39.7 Å². The molecule has 0 saturated heterocycles. The second-order valence-corrected chi connectivity index (χ2v) is 7.50. The maximum atomic E-state index is 12.2. The van der Waals surface area contributed by atoms with Crippen molar-refractivity contribution >= 4 is 17.5 Å². The standard InChI is InChI=1S/C21H25N9O/c1-4-15-9-17(11-22-10-15)16-5-6-20-24-19(13-29(20)12-16)25-21(31)23-8-7-18-26-28-30(27-18)14(2)3/h5-6,9-14H,4,7-8H2,1-3H3,(H2,23,25,31). The molecule has 0 aliphatic heterocycles. The highest BCUT2D eigenvalue weighted by Gasteiger charge is 2.09. The summed E-state index contributed by atoms with van der Waals surface area (Å²) in [5, 5.41) is 17.8. The number of anilines is 1. The maximum Gasteiger partial charge on any atom is 0.320 e. The minimum absolute atomic E-state index is 0.153. The zero-order valence-electron chi connectivity index (χ0n) is 17.8. The summed E-state index contributed by atoms with van der Waals surface area (Å²) in [6.07, 6.45) is 8.92. The van der Waals surface area contributed by atoms with Gasteiger partial charge in [-0.05, 0) is 49.2 Å². The molecule has 2 N–H and O–H groups in total. The fraction of sp³-hybridized carbons (Fsp3) is 0.333. The molecule has 31 heavy (non-hydrogen) atoms. The zero-order chi connectivity index (χ0) is 21.8. The molecule has 4 aromatic rings. The molecule has 0 spiro atoms. The zero-order valence-corrected chi connectivity index (χ0v) is 17.8. The number of imidazole rings is 1. The molecule has 0 aromatic carbocycles. The predicted molar refractivity (Wildman–Crippen MR) is 117 cm³/mol. The van der Waals surface area contributed by atoms with Crippen LogP contribution in [0.15, 0.2) is 43.0 Å². The van der Waals surface area contributed by atoms with Crippen LogP contribution in [0.25, 0.3) is 16.8 Å². The maximum absolute atomic E-state index is 12.2. The smallest absolute Gasteiger partial charge is 0.320 e. The van der Waals surface area contributed by atoms with Crippen LogP contribution < -0.4 is 10.6 Å². The normalized spacial score (nSPS) is 11.2. The number of rotatable bonds is 7. The number of hydrogen-bond acceptors (Lipinski definition) is 6. The van der Waals surface area contributed by atoms with E-state index in [9.17, 15) is 4.79 Å². The Morgan fingerprint density at radius 2 is 2.03 bits per heavy atom. The van der Waals surface area contributed by atoms with E-state index in [1.807, 2.05) is 49.0 Å². The molecule has 0 radical (unpaired) electrons. The molecule has 0 atom stereocenters. The second kappa shape index (κ2) is 8.90. The second-order valence-electron chi connectivity index (χ2n) is 7.50. The number of carbonyl (C=O) groups is 1. The highest BCUT2D eigenvalue weighted by Crippen LogP contribution is 2.21.